The van der Waals surface area contributed by atoms with Crippen LogP contribution in [0.3, 0.4) is 0 Å². The van der Waals surface area contributed by atoms with Gasteiger partial charge in [0.25, 0.3) is 5.91 Å². The van der Waals surface area contributed by atoms with Crippen LogP contribution in [0.2, 0.25) is 5.02 Å². The van der Waals surface area contributed by atoms with Crippen LogP contribution >= 0.6 is 11.6 Å². The van der Waals surface area contributed by atoms with Gasteiger partial charge in [-0.05, 0) is 35.4 Å². The Morgan fingerprint density at radius 1 is 1.00 bits per heavy atom. The number of nitrogens with one attached hydrogen (secondary N) is 1. The summed E-state index contributed by atoms with van der Waals surface area (Å²) in [5.74, 6) is 0.715. The van der Waals surface area contributed by atoms with Crippen LogP contribution in [-0.2, 0) is 6.54 Å². The lowest BCUT2D eigenvalue weighted by Gasteiger charge is -2.26. The molecule has 1 aliphatic heterocycles. The topological polar surface area (TPSA) is 58.2 Å². The molecule has 0 aliphatic carbocycles. The molecular formula is C25H20ClN3O2. The molecule has 0 spiro atoms. The molecule has 2 heterocycles. The molecule has 6 heteroatoms. The first-order chi connectivity index (χ1) is 15.2. The molecule has 4 aromatic rings. The number of aromatic amines is 1. The maximum absolute atomic E-state index is 13.4. The van der Waals surface area contributed by atoms with Gasteiger partial charge in [0.15, 0.2) is 0 Å². The number of carbonyl (C=O) groups is 1. The van der Waals surface area contributed by atoms with Crippen molar-refractivity contribution in [2.75, 3.05) is 7.11 Å². The van der Waals surface area contributed by atoms with E-state index in [0.29, 0.717) is 17.3 Å². The van der Waals surface area contributed by atoms with Gasteiger partial charge < -0.3 is 9.64 Å². The monoisotopic (exact) mass is 429 g/mol. The van der Waals surface area contributed by atoms with E-state index in [1.54, 1.807) is 7.11 Å². The van der Waals surface area contributed by atoms with Crippen LogP contribution in [0.15, 0.2) is 78.9 Å². The van der Waals surface area contributed by atoms with Crippen molar-refractivity contribution < 1.29 is 9.53 Å². The number of ether oxygens (including phenoxy) is 1. The number of H-pyrrole nitrogens is 1. The Bertz CT molecular complexity index is 1220. The fourth-order valence-electron chi connectivity index (χ4n) is 4.10. The number of fused-ring (bicyclic) bond motifs is 1. The van der Waals surface area contributed by atoms with Crippen molar-refractivity contribution >= 4 is 17.5 Å². The summed E-state index contributed by atoms with van der Waals surface area (Å²) in [5.41, 5.74) is 5.20. The molecule has 1 aromatic heterocycles. The molecule has 0 bridgehead atoms. The fraction of sp³-hybridized carbons (Fsp3) is 0.120. The van der Waals surface area contributed by atoms with E-state index in [4.69, 9.17) is 16.3 Å². The van der Waals surface area contributed by atoms with Crippen molar-refractivity contribution in [1.82, 2.24) is 15.1 Å². The molecule has 31 heavy (non-hydrogen) atoms. The van der Waals surface area contributed by atoms with E-state index in [-0.39, 0.29) is 11.9 Å². The molecule has 5 nitrogen and oxygen atoms in total. The van der Waals surface area contributed by atoms with Gasteiger partial charge in [0.1, 0.15) is 11.4 Å². The molecule has 1 N–H and O–H groups in total. The molecule has 3 aromatic carbocycles. The number of nitrogens with zero attached hydrogens (tertiary/aromatic N) is 2. The summed E-state index contributed by atoms with van der Waals surface area (Å²) in [7, 11) is 1.64. The summed E-state index contributed by atoms with van der Waals surface area (Å²) in [6, 6.07) is 25.1. The second-order valence-electron chi connectivity index (χ2n) is 7.46. The highest BCUT2D eigenvalue weighted by Crippen LogP contribution is 2.43. The number of amides is 1. The summed E-state index contributed by atoms with van der Waals surface area (Å²) in [6.45, 7) is 0.465. The maximum Gasteiger partial charge on any atom is 0.273 e. The molecule has 0 fully saturated rings. The van der Waals surface area contributed by atoms with Gasteiger partial charge in [-0.15, -0.1) is 0 Å². The Hall–Kier alpha value is -3.57. The number of carbonyl (C=O) groups excluding carboxylic acids is 1. The van der Waals surface area contributed by atoms with E-state index in [9.17, 15) is 4.79 Å². The summed E-state index contributed by atoms with van der Waals surface area (Å²) in [5, 5.41) is 8.15. The number of benzene rings is 3. The molecule has 0 saturated carbocycles. The zero-order valence-electron chi connectivity index (χ0n) is 16.9. The molecule has 1 unspecified atom stereocenters. The van der Waals surface area contributed by atoms with Gasteiger partial charge in [-0.25, -0.2) is 0 Å². The number of halogens is 1. The van der Waals surface area contributed by atoms with Gasteiger partial charge in [-0.3, -0.25) is 9.89 Å². The van der Waals surface area contributed by atoms with Crippen molar-refractivity contribution in [2.24, 2.45) is 0 Å². The lowest BCUT2D eigenvalue weighted by Crippen LogP contribution is -2.29. The maximum atomic E-state index is 13.4. The third kappa shape index (κ3) is 3.47. The quantitative estimate of drug-likeness (QED) is 0.456. The van der Waals surface area contributed by atoms with Crippen molar-refractivity contribution in [3.8, 4) is 17.0 Å². The summed E-state index contributed by atoms with van der Waals surface area (Å²) >= 11 is 6.14. The zero-order chi connectivity index (χ0) is 21.4. The minimum Gasteiger partial charge on any atom is -0.497 e. The third-order valence-electron chi connectivity index (χ3n) is 5.61. The van der Waals surface area contributed by atoms with E-state index in [1.807, 2.05) is 83.8 Å². The fourth-order valence-corrected chi connectivity index (χ4v) is 4.22. The van der Waals surface area contributed by atoms with Gasteiger partial charge >= 0.3 is 0 Å². The molecular weight excluding hydrogens is 410 g/mol. The summed E-state index contributed by atoms with van der Waals surface area (Å²) in [4.78, 5) is 15.3. The number of methoxy groups -OCH3 is 1. The van der Waals surface area contributed by atoms with Crippen LogP contribution in [0.4, 0.5) is 0 Å². The average molecular weight is 430 g/mol. The number of hydrogen-bond acceptors (Lipinski definition) is 3. The highest BCUT2D eigenvalue weighted by atomic mass is 35.5. The molecule has 1 aliphatic rings. The van der Waals surface area contributed by atoms with Gasteiger partial charge in [-0.2, -0.15) is 5.10 Å². The Balaban J connectivity index is 1.61. The molecule has 154 valence electrons. The lowest BCUT2D eigenvalue weighted by molar-refractivity contribution is 0.0730. The largest absolute Gasteiger partial charge is 0.497 e. The van der Waals surface area contributed by atoms with E-state index in [1.165, 1.54) is 0 Å². The highest BCUT2D eigenvalue weighted by Gasteiger charge is 2.42. The zero-order valence-corrected chi connectivity index (χ0v) is 17.6. The first-order valence-corrected chi connectivity index (χ1v) is 10.4. The number of rotatable bonds is 5. The Kier molecular flexibility index (Phi) is 4.96. The van der Waals surface area contributed by atoms with Crippen molar-refractivity contribution in [2.45, 2.75) is 12.6 Å². The molecule has 5 rings (SSSR count). The van der Waals surface area contributed by atoms with Gasteiger partial charge in [0.2, 0.25) is 0 Å². The van der Waals surface area contributed by atoms with Crippen molar-refractivity contribution in [3.63, 3.8) is 0 Å². The smallest absolute Gasteiger partial charge is 0.273 e. The Labute approximate surface area is 185 Å². The molecule has 1 amide bonds. The van der Waals surface area contributed by atoms with E-state index < -0.39 is 0 Å². The molecule has 1 atom stereocenters. The molecule has 0 saturated heterocycles. The Morgan fingerprint density at radius 3 is 2.39 bits per heavy atom. The molecule has 0 radical (unpaired) electrons. The highest BCUT2D eigenvalue weighted by molar-refractivity contribution is 6.30. The standard InChI is InChI=1S/C25H20ClN3O2/c1-31-20-13-7-16(8-14-20)15-29-24(18-9-11-19(26)12-10-18)21-22(17-5-3-2-4-6-17)27-28-23(21)25(29)30/h2-14,24H,15H2,1H3,(H,27,28). The van der Waals surface area contributed by atoms with Gasteiger partial charge in [-0.1, -0.05) is 66.2 Å². The van der Waals surface area contributed by atoms with E-state index >= 15 is 0 Å². The van der Waals surface area contributed by atoms with Crippen LogP contribution in [0.25, 0.3) is 11.3 Å². The normalized spacial score (nSPS) is 15.2. The second kappa shape index (κ2) is 7.93. The van der Waals surface area contributed by atoms with Gasteiger partial charge in [0.05, 0.1) is 18.8 Å². The first kappa shape index (κ1) is 19.4. The number of aromatic nitrogens is 2. The van der Waals surface area contributed by atoms with Crippen LogP contribution in [0.1, 0.15) is 33.2 Å². The number of hydrogen-bond donors (Lipinski definition) is 1. The predicted octanol–water partition coefficient (Wildman–Crippen LogP) is 5.48. The minimum absolute atomic E-state index is 0.0690. The summed E-state index contributed by atoms with van der Waals surface area (Å²) in [6.07, 6.45) is 0. The Morgan fingerprint density at radius 2 is 1.71 bits per heavy atom. The van der Waals surface area contributed by atoms with Crippen LogP contribution in [-0.4, -0.2) is 28.1 Å². The van der Waals surface area contributed by atoms with E-state index in [0.717, 1.165) is 33.7 Å². The SMILES string of the molecule is COc1ccc(CN2C(=O)c3[nH]nc(-c4ccccc4)c3C2c2ccc(Cl)cc2)cc1. The van der Waals surface area contributed by atoms with E-state index in [2.05, 4.69) is 10.2 Å². The third-order valence-corrected chi connectivity index (χ3v) is 5.86. The van der Waals surface area contributed by atoms with Crippen LogP contribution in [0, 0.1) is 0 Å². The second-order valence-corrected chi connectivity index (χ2v) is 7.90. The lowest BCUT2D eigenvalue weighted by atomic mass is 9.96. The van der Waals surface area contributed by atoms with Crippen molar-refractivity contribution in [1.29, 1.82) is 0 Å². The average Bonchev–Trinajstić information content (AvgIpc) is 3.35. The minimum atomic E-state index is -0.268. The summed E-state index contributed by atoms with van der Waals surface area (Å²) < 4.78 is 5.26. The van der Waals surface area contributed by atoms with Crippen molar-refractivity contribution in [3.05, 3.63) is 106 Å². The van der Waals surface area contributed by atoms with Gasteiger partial charge in [0, 0.05) is 22.7 Å². The first-order valence-electron chi connectivity index (χ1n) is 9.99. The van der Waals surface area contributed by atoms with Crippen LogP contribution in [0.5, 0.6) is 5.75 Å². The predicted molar refractivity (Wildman–Crippen MR) is 120 cm³/mol. The van der Waals surface area contributed by atoms with Crippen LogP contribution < -0.4 is 4.74 Å².